The van der Waals surface area contributed by atoms with Gasteiger partial charge in [0, 0.05) is 45.0 Å². The average Bonchev–Trinajstić information content (AvgIpc) is 2.91. The number of nitrogens with zero attached hydrogens (tertiary/aromatic N) is 1. The molecule has 0 radical (unpaired) electrons. The van der Waals surface area contributed by atoms with Crippen molar-refractivity contribution in [3.8, 4) is 5.75 Å². The van der Waals surface area contributed by atoms with E-state index in [0.717, 1.165) is 11.3 Å². The zero-order valence-electron chi connectivity index (χ0n) is 16.5. The van der Waals surface area contributed by atoms with E-state index in [1.807, 2.05) is 31.2 Å². The summed E-state index contributed by atoms with van der Waals surface area (Å²) in [5, 5.41) is 2.90. The fourth-order valence-electron chi connectivity index (χ4n) is 3.80. The van der Waals surface area contributed by atoms with Crippen LogP contribution in [0.2, 0.25) is 0 Å². The molecule has 1 aromatic rings. The van der Waals surface area contributed by atoms with Crippen LogP contribution in [-0.4, -0.2) is 48.0 Å². The molecule has 2 aliphatic heterocycles. The van der Waals surface area contributed by atoms with Gasteiger partial charge in [0.1, 0.15) is 11.4 Å². The number of piperidine rings is 1. The Hall–Kier alpha value is -2.83. The second-order valence-electron chi connectivity index (χ2n) is 7.15. The summed E-state index contributed by atoms with van der Waals surface area (Å²) >= 11 is 0. The molecule has 1 aromatic carbocycles. The molecule has 0 unspecified atom stereocenters. The maximum atomic E-state index is 12.9. The Morgan fingerprint density at radius 2 is 1.86 bits per heavy atom. The van der Waals surface area contributed by atoms with E-state index in [1.165, 1.54) is 6.92 Å². The Balaban J connectivity index is 1.70. The van der Waals surface area contributed by atoms with Gasteiger partial charge in [0.2, 0.25) is 5.91 Å². The third-order valence-electron chi connectivity index (χ3n) is 5.36. The summed E-state index contributed by atoms with van der Waals surface area (Å²) in [4.78, 5) is 38.4. The Kier molecular flexibility index (Phi) is 5.72. The smallest absolute Gasteiger partial charge is 0.335 e. The van der Waals surface area contributed by atoms with Gasteiger partial charge < -0.3 is 19.7 Å². The molecule has 1 saturated heterocycles. The van der Waals surface area contributed by atoms with E-state index in [0.29, 0.717) is 50.2 Å². The highest BCUT2D eigenvalue weighted by Crippen LogP contribution is 2.41. The van der Waals surface area contributed by atoms with Crippen molar-refractivity contribution in [3.63, 3.8) is 0 Å². The molecule has 2 aliphatic rings. The standard InChI is InChI=1S/C21H26N2O5/c1-4-27-17-7-5-16(6-8-17)13-22-19(25)18-14(2)20(26)28-21(18)9-11-23(12-10-21)15(3)24/h5-8H,4,9-13H2,1-3H3,(H,22,25). The molecule has 0 bridgehead atoms. The number of carbonyl (C=O) groups is 3. The minimum absolute atomic E-state index is 0.0126. The lowest BCUT2D eigenvalue weighted by Gasteiger charge is -2.39. The molecule has 0 atom stereocenters. The molecule has 150 valence electrons. The van der Waals surface area contributed by atoms with Crippen LogP contribution in [-0.2, 0) is 25.7 Å². The highest BCUT2D eigenvalue weighted by Gasteiger charge is 2.50. The van der Waals surface area contributed by atoms with Crippen LogP contribution >= 0.6 is 0 Å². The van der Waals surface area contributed by atoms with Crippen LogP contribution < -0.4 is 10.1 Å². The van der Waals surface area contributed by atoms with E-state index < -0.39 is 11.6 Å². The third kappa shape index (κ3) is 3.88. The summed E-state index contributed by atoms with van der Waals surface area (Å²) < 4.78 is 11.0. The lowest BCUT2D eigenvalue weighted by atomic mass is 9.82. The third-order valence-corrected chi connectivity index (χ3v) is 5.36. The first kappa shape index (κ1) is 19.9. The van der Waals surface area contributed by atoms with Gasteiger partial charge in [-0.1, -0.05) is 12.1 Å². The Labute approximate surface area is 164 Å². The van der Waals surface area contributed by atoms with Gasteiger partial charge in [-0.25, -0.2) is 4.79 Å². The van der Waals surface area contributed by atoms with E-state index in [1.54, 1.807) is 11.8 Å². The first-order valence-electron chi connectivity index (χ1n) is 9.56. The second kappa shape index (κ2) is 8.04. The molecule has 7 heteroatoms. The molecule has 2 heterocycles. The lowest BCUT2D eigenvalue weighted by molar-refractivity contribution is -0.152. The van der Waals surface area contributed by atoms with E-state index in [2.05, 4.69) is 5.32 Å². The number of amides is 2. The average molecular weight is 386 g/mol. The number of ether oxygens (including phenoxy) is 2. The molecule has 2 amide bonds. The number of carbonyl (C=O) groups excluding carboxylic acids is 3. The summed E-state index contributed by atoms with van der Waals surface area (Å²) in [6, 6.07) is 7.50. The molecular weight excluding hydrogens is 360 g/mol. The largest absolute Gasteiger partial charge is 0.494 e. The molecule has 1 spiro atoms. The molecular formula is C21H26N2O5. The number of hydrogen-bond donors (Lipinski definition) is 1. The monoisotopic (exact) mass is 386 g/mol. The number of benzene rings is 1. The van der Waals surface area contributed by atoms with Gasteiger partial charge in [-0.05, 0) is 31.5 Å². The van der Waals surface area contributed by atoms with E-state index in [-0.39, 0.29) is 11.8 Å². The summed E-state index contributed by atoms with van der Waals surface area (Å²) in [6.45, 7) is 6.93. The number of hydrogen-bond acceptors (Lipinski definition) is 5. The molecule has 7 nitrogen and oxygen atoms in total. The normalized spacial score (nSPS) is 18.2. The fourth-order valence-corrected chi connectivity index (χ4v) is 3.80. The minimum atomic E-state index is -0.935. The van der Waals surface area contributed by atoms with Crippen LogP contribution in [0.1, 0.15) is 39.2 Å². The highest BCUT2D eigenvalue weighted by atomic mass is 16.6. The minimum Gasteiger partial charge on any atom is -0.494 e. The van der Waals surface area contributed by atoms with Crippen molar-refractivity contribution in [1.29, 1.82) is 0 Å². The van der Waals surface area contributed by atoms with Crippen molar-refractivity contribution in [3.05, 3.63) is 41.0 Å². The Morgan fingerprint density at radius 3 is 2.43 bits per heavy atom. The van der Waals surface area contributed by atoms with Crippen molar-refractivity contribution in [1.82, 2.24) is 10.2 Å². The number of nitrogens with one attached hydrogen (secondary N) is 1. The van der Waals surface area contributed by atoms with E-state index >= 15 is 0 Å². The maximum absolute atomic E-state index is 12.9. The molecule has 28 heavy (non-hydrogen) atoms. The van der Waals surface area contributed by atoms with Crippen molar-refractivity contribution >= 4 is 17.8 Å². The number of esters is 1. The highest BCUT2D eigenvalue weighted by molar-refractivity contribution is 6.07. The number of likely N-dealkylation sites (tertiary alicyclic amines) is 1. The van der Waals surface area contributed by atoms with Gasteiger partial charge in [-0.3, -0.25) is 9.59 Å². The predicted octanol–water partition coefficient (Wildman–Crippen LogP) is 1.96. The maximum Gasteiger partial charge on any atom is 0.335 e. The van der Waals surface area contributed by atoms with Gasteiger partial charge >= 0.3 is 5.97 Å². The first-order valence-corrected chi connectivity index (χ1v) is 9.56. The Morgan fingerprint density at radius 1 is 1.21 bits per heavy atom. The van der Waals surface area contributed by atoms with Crippen LogP contribution in [0.25, 0.3) is 0 Å². The van der Waals surface area contributed by atoms with E-state index in [4.69, 9.17) is 9.47 Å². The summed E-state index contributed by atoms with van der Waals surface area (Å²) in [7, 11) is 0. The molecule has 0 aromatic heterocycles. The van der Waals surface area contributed by atoms with Gasteiger partial charge in [0.25, 0.3) is 5.91 Å². The number of rotatable bonds is 5. The van der Waals surface area contributed by atoms with Crippen molar-refractivity contribution in [2.75, 3.05) is 19.7 Å². The van der Waals surface area contributed by atoms with Crippen LogP contribution in [0.15, 0.2) is 35.4 Å². The van der Waals surface area contributed by atoms with Crippen molar-refractivity contribution < 1.29 is 23.9 Å². The summed E-state index contributed by atoms with van der Waals surface area (Å²) in [6.07, 6.45) is 0.864. The summed E-state index contributed by atoms with van der Waals surface area (Å²) in [5.74, 6) is 0.0134. The van der Waals surface area contributed by atoms with Crippen molar-refractivity contribution in [2.24, 2.45) is 0 Å². The zero-order chi connectivity index (χ0) is 20.3. The molecule has 1 N–H and O–H groups in total. The zero-order valence-corrected chi connectivity index (χ0v) is 16.5. The lowest BCUT2D eigenvalue weighted by Crippen LogP contribution is -2.49. The first-order chi connectivity index (χ1) is 13.4. The molecule has 0 aliphatic carbocycles. The molecule has 0 saturated carbocycles. The second-order valence-corrected chi connectivity index (χ2v) is 7.15. The van der Waals surface area contributed by atoms with Crippen LogP contribution in [0.3, 0.4) is 0 Å². The molecule has 3 rings (SSSR count). The quantitative estimate of drug-likeness (QED) is 0.782. The summed E-state index contributed by atoms with van der Waals surface area (Å²) in [5.41, 5.74) is 0.739. The van der Waals surface area contributed by atoms with Crippen LogP contribution in [0.5, 0.6) is 5.75 Å². The van der Waals surface area contributed by atoms with Gasteiger partial charge in [0.05, 0.1) is 12.2 Å². The molecule has 1 fully saturated rings. The fraction of sp³-hybridized carbons (Fsp3) is 0.476. The van der Waals surface area contributed by atoms with Crippen LogP contribution in [0.4, 0.5) is 0 Å². The van der Waals surface area contributed by atoms with Gasteiger partial charge in [-0.2, -0.15) is 0 Å². The Bertz CT molecular complexity index is 805. The topological polar surface area (TPSA) is 84.9 Å². The SMILES string of the molecule is CCOc1ccc(CNC(=O)C2=C(C)C(=O)OC23CCN(C(C)=O)CC3)cc1. The van der Waals surface area contributed by atoms with Crippen LogP contribution in [0, 0.1) is 0 Å². The van der Waals surface area contributed by atoms with Crippen molar-refractivity contribution in [2.45, 2.75) is 45.8 Å². The van der Waals surface area contributed by atoms with Gasteiger partial charge in [-0.15, -0.1) is 0 Å². The van der Waals surface area contributed by atoms with Gasteiger partial charge in [0.15, 0.2) is 0 Å². The predicted molar refractivity (Wildman–Crippen MR) is 102 cm³/mol. The van der Waals surface area contributed by atoms with E-state index in [9.17, 15) is 14.4 Å².